The molecule has 4 heterocycles. The third-order valence-corrected chi connectivity index (χ3v) is 3.99. The van der Waals surface area contributed by atoms with Crippen molar-refractivity contribution in [2.45, 2.75) is 12.7 Å². The number of nitrogens with zero attached hydrogens (tertiary/aromatic N) is 5. The predicted octanol–water partition coefficient (Wildman–Crippen LogP) is 3.24. The number of halogens is 4. The molecule has 2 aromatic heterocycles. The van der Waals surface area contributed by atoms with Gasteiger partial charge in [-0.25, -0.2) is 14.3 Å². The van der Waals surface area contributed by atoms with E-state index in [1.54, 1.807) is 35.2 Å². The number of oxazole rings is 1. The number of aromatic nitrogens is 5. The Bertz CT molecular complexity index is 1130. The molecule has 0 unspecified atom stereocenters. The monoisotopic (exact) mass is 395 g/mol. The zero-order valence-corrected chi connectivity index (χ0v) is 14.1. The van der Waals surface area contributed by atoms with Gasteiger partial charge in [-0.05, 0) is 23.8 Å². The third kappa shape index (κ3) is 3.19. The first-order valence-corrected chi connectivity index (χ1v) is 7.92. The van der Waals surface area contributed by atoms with Crippen LogP contribution in [0, 0.1) is 0 Å². The van der Waals surface area contributed by atoms with E-state index in [1.165, 1.54) is 6.07 Å². The van der Waals surface area contributed by atoms with Crippen molar-refractivity contribution in [2.75, 3.05) is 0 Å². The van der Waals surface area contributed by atoms with Crippen molar-refractivity contribution < 1.29 is 17.6 Å². The first kappa shape index (κ1) is 17.3. The van der Waals surface area contributed by atoms with Gasteiger partial charge in [0, 0.05) is 12.4 Å². The van der Waals surface area contributed by atoms with E-state index in [4.69, 9.17) is 16.0 Å². The van der Waals surface area contributed by atoms with E-state index >= 15 is 0 Å². The molecule has 4 rings (SSSR count). The van der Waals surface area contributed by atoms with Crippen LogP contribution in [0.25, 0.3) is 17.5 Å². The van der Waals surface area contributed by atoms with E-state index in [0.29, 0.717) is 18.0 Å². The average Bonchev–Trinajstić information content (AvgIpc) is 3.21. The molecule has 0 fully saturated rings. The van der Waals surface area contributed by atoms with Gasteiger partial charge in [0.15, 0.2) is 11.5 Å². The van der Waals surface area contributed by atoms with Gasteiger partial charge in [0.2, 0.25) is 0 Å². The fraction of sp³-hybridized carbons (Fsp3) is 0.125. The van der Waals surface area contributed by atoms with Crippen LogP contribution in [0.5, 0.6) is 0 Å². The highest BCUT2D eigenvalue weighted by molar-refractivity contribution is 6.29. The molecule has 0 saturated carbocycles. The van der Waals surface area contributed by atoms with Crippen LogP contribution in [0.15, 0.2) is 52.1 Å². The van der Waals surface area contributed by atoms with Crippen LogP contribution in [0.2, 0.25) is 5.15 Å². The molecule has 0 radical (unpaired) electrons. The molecule has 2 aromatic rings. The smallest absolute Gasteiger partial charge is 0.431 e. The van der Waals surface area contributed by atoms with Crippen LogP contribution in [0.4, 0.5) is 13.2 Å². The Morgan fingerprint density at radius 2 is 2.00 bits per heavy atom. The van der Waals surface area contributed by atoms with Gasteiger partial charge >= 0.3 is 17.9 Å². The number of hydrogen-bond donors (Lipinski definition) is 0. The molecule has 0 spiro atoms. The van der Waals surface area contributed by atoms with Gasteiger partial charge in [0.25, 0.3) is 0 Å². The lowest BCUT2D eigenvalue weighted by atomic mass is 10.2. The molecule has 27 heavy (non-hydrogen) atoms. The number of imidazole rings is 1. The number of alkyl halides is 3. The Balaban J connectivity index is 1.75. The molecular weight excluding hydrogens is 387 g/mol. The van der Waals surface area contributed by atoms with Crippen LogP contribution >= 0.6 is 11.6 Å². The topological polar surface area (TPSA) is 78.7 Å². The molecule has 0 bridgehead atoms. The number of pyridine rings is 2. The van der Waals surface area contributed by atoms with E-state index in [9.17, 15) is 18.0 Å². The molecule has 2 aliphatic rings. The Morgan fingerprint density at radius 1 is 1.19 bits per heavy atom. The van der Waals surface area contributed by atoms with Crippen LogP contribution < -0.4 is 5.69 Å². The van der Waals surface area contributed by atoms with Gasteiger partial charge in [-0.15, -0.1) is 0 Å². The molecular formula is C16H9ClF3N5O2. The maximum atomic E-state index is 12.7. The Labute approximate surface area is 154 Å². The second-order valence-electron chi connectivity index (χ2n) is 5.58. The SMILES string of the molecule is O=c1nc2n(Cc3ccc(Cl)nc3)cccc-2n1-c1nc(C(F)(F)F)co1. The van der Waals surface area contributed by atoms with Gasteiger partial charge < -0.3 is 8.98 Å². The van der Waals surface area contributed by atoms with Crippen molar-refractivity contribution in [3.63, 3.8) is 0 Å². The summed E-state index contributed by atoms with van der Waals surface area (Å²) < 4.78 is 45.6. The summed E-state index contributed by atoms with van der Waals surface area (Å²) in [6, 6.07) is 6.07. The molecule has 0 aromatic carbocycles. The van der Waals surface area contributed by atoms with Crippen molar-refractivity contribution in [1.82, 2.24) is 24.1 Å². The summed E-state index contributed by atoms with van der Waals surface area (Å²) in [6.07, 6.45) is -0.961. The van der Waals surface area contributed by atoms with Gasteiger partial charge in [-0.1, -0.05) is 17.7 Å². The maximum absolute atomic E-state index is 12.7. The van der Waals surface area contributed by atoms with E-state index in [-0.39, 0.29) is 11.5 Å². The first-order valence-electron chi connectivity index (χ1n) is 7.54. The average molecular weight is 396 g/mol. The second-order valence-corrected chi connectivity index (χ2v) is 5.96. The lowest BCUT2D eigenvalue weighted by Crippen LogP contribution is -2.15. The van der Waals surface area contributed by atoms with Crippen molar-refractivity contribution in [3.8, 4) is 17.5 Å². The molecule has 11 heteroatoms. The van der Waals surface area contributed by atoms with Crippen molar-refractivity contribution >= 4 is 11.6 Å². The fourth-order valence-corrected chi connectivity index (χ4v) is 2.69. The van der Waals surface area contributed by atoms with Crippen LogP contribution in [-0.2, 0) is 12.7 Å². The van der Waals surface area contributed by atoms with Crippen LogP contribution in [0.3, 0.4) is 0 Å². The third-order valence-electron chi connectivity index (χ3n) is 3.77. The van der Waals surface area contributed by atoms with E-state index in [0.717, 1.165) is 10.1 Å². The van der Waals surface area contributed by atoms with Gasteiger partial charge in [0.05, 0.1) is 12.2 Å². The number of hydrogen-bond acceptors (Lipinski definition) is 5. The van der Waals surface area contributed by atoms with E-state index < -0.39 is 23.6 Å². The van der Waals surface area contributed by atoms with E-state index in [2.05, 4.69) is 15.0 Å². The first-order chi connectivity index (χ1) is 12.8. The molecule has 0 saturated heterocycles. The molecule has 7 nitrogen and oxygen atoms in total. The van der Waals surface area contributed by atoms with Gasteiger partial charge in [-0.3, -0.25) is 0 Å². The Morgan fingerprint density at radius 3 is 2.67 bits per heavy atom. The minimum absolute atomic E-state index is 0.264. The molecule has 0 amide bonds. The quantitative estimate of drug-likeness (QED) is 0.498. The fourth-order valence-electron chi connectivity index (χ4n) is 2.58. The van der Waals surface area contributed by atoms with Crippen LogP contribution in [-0.4, -0.2) is 24.1 Å². The highest BCUT2D eigenvalue weighted by Crippen LogP contribution is 2.30. The summed E-state index contributed by atoms with van der Waals surface area (Å²) in [4.78, 5) is 23.5. The predicted molar refractivity (Wildman–Crippen MR) is 87.9 cm³/mol. The zero-order valence-electron chi connectivity index (χ0n) is 13.3. The standard InChI is InChI=1S/C16H9ClF3N5O2/c17-12-4-3-9(6-21-12)7-24-5-1-2-10-13(24)23-14(26)25(10)15-22-11(8-27-15)16(18,19)20/h1-6,8H,7H2. The number of fused-ring (bicyclic) bond motifs is 1. The Hall–Kier alpha value is -3.14. The summed E-state index contributed by atoms with van der Waals surface area (Å²) in [5.41, 5.74) is -0.959. The minimum Gasteiger partial charge on any atom is -0.431 e. The zero-order chi connectivity index (χ0) is 19.2. The minimum atomic E-state index is -4.68. The maximum Gasteiger partial charge on any atom is 0.436 e. The summed E-state index contributed by atoms with van der Waals surface area (Å²) in [5.74, 6) is 0.268. The van der Waals surface area contributed by atoms with Gasteiger partial charge in [0.1, 0.15) is 11.4 Å². The molecule has 2 aliphatic heterocycles. The van der Waals surface area contributed by atoms with Crippen molar-refractivity contribution in [1.29, 1.82) is 0 Å². The highest BCUT2D eigenvalue weighted by Gasteiger charge is 2.35. The summed E-state index contributed by atoms with van der Waals surface area (Å²) in [6.45, 7) is 0.331. The molecule has 0 atom stereocenters. The molecule has 138 valence electrons. The van der Waals surface area contributed by atoms with Crippen molar-refractivity contribution in [2.24, 2.45) is 0 Å². The van der Waals surface area contributed by atoms with Gasteiger partial charge in [-0.2, -0.15) is 23.1 Å². The normalized spacial score (nSPS) is 12.0. The lowest BCUT2D eigenvalue weighted by Gasteiger charge is -2.11. The Kier molecular flexibility index (Phi) is 3.99. The summed E-state index contributed by atoms with van der Waals surface area (Å²) in [7, 11) is 0. The number of rotatable bonds is 3. The highest BCUT2D eigenvalue weighted by atomic mass is 35.5. The molecule has 0 aliphatic carbocycles. The second kappa shape index (κ2) is 6.23. The molecule has 0 N–H and O–H groups in total. The van der Waals surface area contributed by atoms with Crippen LogP contribution in [0.1, 0.15) is 11.3 Å². The largest absolute Gasteiger partial charge is 0.436 e. The lowest BCUT2D eigenvalue weighted by molar-refractivity contribution is -0.141. The summed E-state index contributed by atoms with van der Waals surface area (Å²) >= 11 is 5.76. The summed E-state index contributed by atoms with van der Waals surface area (Å²) in [5, 5.41) is 0.345. The van der Waals surface area contributed by atoms with E-state index in [1.807, 2.05) is 0 Å². The van der Waals surface area contributed by atoms with Crippen molar-refractivity contribution in [3.05, 3.63) is 69.8 Å².